The molecule has 0 aliphatic rings. The average Bonchev–Trinajstić information content (AvgIpc) is 2.91. The van der Waals surface area contributed by atoms with E-state index < -0.39 is 36.5 Å². The van der Waals surface area contributed by atoms with Crippen molar-refractivity contribution in [3.05, 3.63) is 53.9 Å². The maximum Gasteiger partial charge on any atom is 0.309 e. The lowest BCUT2D eigenvalue weighted by atomic mass is 9.94. The molecule has 1 heterocycles. The molecule has 0 bridgehead atoms. The number of hydrogen-bond donors (Lipinski definition) is 0. The van der Waals surface area contributed by atoms with Crippen molar-refractivity contribution in [1.29, 1.82) is 0 Å². The number of ether oxygens (including phenoxy) is 5. The van der Waals surface area contributed by atoms with Crippen molar-refractivity contribution in [2.75, 3.05) is 27.1 Å². The molecule has 0 unspecified atom stereocenters. The lowest BCUT2D eigenvalue weighted by molar-refractivity contribution is -0.157. The lowest BCUT2D eigenvalue weighted by Gasteiger charge is -2.26. The molecule has 1 aromatic carbocycles. The predicted molar refractivity (Wildman–Crippen MR) is 141 cm³/mol. The van der Waals surface area contributed by atoms with Gasteiger partial charge in [0.05, 0.1) is 19.6 Å². The highest BCUT2D eigenvalue weighted by molar-refractivity contribution is 5.99. The number of ketones is 1. The number of hydrogen-bond acceptors (Lipinski definition) is 9. The number of carbonyl (C=O) groups is 3. The van der Waals surface area contributed by atoms with Crippen LogP contribution in [0.15, 0.2) is 42.6 Å². The first-order valence-electron chi connectivity index (χ1n) is 12.9. The molecule has 0 radical (unpaired) electrons. The summed E-state index contributed by atoms with van der Waals surface area (Å²) in [4.78, 5) is 41.6. The summed E-state index contributed by atoms with van der Waals surface area (Å²) >= 11 is 0. The minimum Gasteiger partial charge on any atom is -0.493 e. The maximum absolute atomic E-state index is 13.2. The van der Waals surface area contributed by atoms with Gasteiger partial charge < -0.3 is 23.7 Å². The zero-order chi connectivity index (χ0) is 27.9. The molecule has 1 aromatic heterocycles. The highest BCUT2D eigenvalue weighted by Crippen LogP contribution is 2.31. The number of benzene rings is 1. The van der Waals surface area contributed by atoms with Crippen LogP contribution >= 0.6 is 0 Å². The Morgan fingerprint density at radius 2 is 1.79 bits per heavy atom. The quantitative estimate of drug-likeness (QED) is 0.123. The first kappa shape index (κ1) is 30.8. The van der Waals surface area contributed by atoms with Gasteiger partial charge in [-0.25, -0.2) is 4.98 Å². The zero-order valence-corrected chi connectivity index (χ0v) is 22.9. The lowest BCUT2D eigenvalue weighted by Crippen LogP contribution is -2.32. The Kier molecular flexibility index (Phi) is 13.3. The van der Waals surface area contributed by atoms with E-state index in [1.54, 1.807) is 0 Å². The monoisotopic (exact) mass is 529 g/mol. The Hall–Kier alpha value is -3.46. The smallest absolute Gasteiger partial charge is 0.309 e. The van der Waals surface area contributed by atoms with Gasteiger partial charge in [-0.1, -0.05) is 44.2 Å². The molecule has 0 saturated carbocycles. The third kappa shape index (κ3) is 9.78. The van der Waals surface area contributed by atoms with E-state index in [1.807, 2.05) is 51.1 Å². The van der Waals surface area contributed by atoms with Crippen molar-refractivity contribution < 1.29 is 38.1 Å². The topological polar surface area (TPSA) is 110 Å². The molecule has 0 aliphatic carbocycles. The molecule has 0 N–H and O–H groups in total. The van der Waals surface area contributed by atoms with Crippen LogP contribution in [0.4, 0.5) is 0 Å². The summed E-state index contributed by atoms with van der Waals surface area (Å²) < 4.78 is 27.3. The second kappa shape index (κ2) is 16.4. The van der Waals surface area contributed by atoms with Gasteiger partial charge in [0.2, 0.25) is 6.79 Å². The van der Waals surface area contributed by atoms with Crippen LogP contribution in [-0.4, -0.2) is 55.9 Å². The van der Waals surface area contributed by atoms with Gasteiger partial charge in [-0.15, -0.1) is 0 Å². The minimum absolute atomic E-state index is 0.00859. The predicted octanol–water partition coefficient (Wildman–Crippen LogP) is 4.81. The van der Waals surface area contributed by atoms with Gasteiger partial charge in [0.25, 0.3) is 0 Å². The molecule has 38 heavy (non-hydrogen) atoms. The molecule has 2 rings (SSSR count). The molecule has 0 spiro atoms. The van der Waals surface area contributed by atoms with Crippen molar-refractivity contribution in [3.63, 3.8) is 0 Å². The third-order valence-electron chi connectivity index (χ3n) is 6.06. The summed E-state index contributed by atoms with van der Waals surface area (Å²) in [6, 6.07) is 11.5. The van der Waals surface area contributed by atoms with Gasteiger partial charge in [0, 0.05) is 38.1 Å². The highest BCUT2D eigenvalue weighted by Gasteiger charge is 2.29. The zero-order valence-electron chi connectivity index (χ0n) is 22.9. The average molecular weight is 530 g/mol. The van der Waals surface area contributed by atoms with Crippen LogP contribution in [-0.2, 0) is 30.2 Å². The Labute approximate surface area is 224 Å². The summed E-state index contributed by atoms with van der Waals surface area (Å²) in [5.74, 6) is -1.80. The Balaban J connectivity index is 2.11. The summed E-state index contributed by atoms with van der Waals surface area (Å²) in [7, 11) is 1.42. The van der Waals surface area contributed by atoms with Crippen molar-refractivity contribution in [2.24, 2.45) is 11.8 Å². The van der Waals surface area contributed by atoms with Crippen molar-refractivity contribution in [2.45, 2.75) is 59.5 Å². The Morgan fingerprint density at radius 1 is 1.05 bits per heavy atom. The fraction of sp³-hybridized carbons (Fsp3) is 0.517. The number of nitrogens with zero attached hydrogens (tertiary/aromatic N) is 1. The fourth-order valence-electron chi connectivity index (χ4n) is 3.85. The molecular formula is C29H39NO8. The van der Waals surface area contributed by atoms with Crippen LogP contribution in [0.1, 0.15) is 63.0 Å². The van der Waals surface area contributed by atoms with Gasteiger partial charge in [0.15, 0.2) is 23.0 Å². The largest absolute Gasteiger partial charge is 0.493 e. The molecule has 9 nitrogen and oxygen atoms in total. The third-order valence-corrected chi connectivity index (χ3v) is 6.06. The van der Waals surface area contributed by atoms with Crippen LogP contribution in [0.2, 0.25) is 0 Å². The molecule has 0 fully saturated rings. The van der Waals surface area contributed by atoms with E-state index in [0.29, 0.717) is 26.1 Å². The summed E-state index contributed by atoms with van der Waals surface area (Å²) in [6.07, 6.45) is 2.88. The van der Waals surface area contributed by atoms with E-state index in [1.165, 1.54) is 26.3 Å². The molecular weight excluding hydrogens is 490 g/mol. The van der Waals surface area contributed by atoms with Gasteiger partial charge in [-0.3, -0.25) is 14.4 Å². The van der Waals surface area contributed by atoms with Crippen LogP contribution in [0, 0.1) is 11.8 Å². The van der Waals surface area contributed by atoms with E-state index >= 15 is 0 Å². The maximum atomic E-state index is 13.2. The van der Waals surface area contributed by atoms with Crippen molar-refractivity contribution in [1.82, 2.24) is 4.98 Å². The van der Waals surface area contributed by atoms with Crippen LogP contribution in [0.25, 0.3) is 0 Å². The fourth-order valence-corrected chi connectivity index (χ4v) is 3.85. The minimum atomic E-state index is -0.673. The summed E-state index contributed by atoms with van der Waals surface area (Å²) in [5.41, 5.74) is 1.12. The number of esters is 2. The number of pyridine rings is 1. The summed E-state index contributed by atoms with van der Waals surface area (Å²) in [6.45, 7) is 7.67. The number of aromatic nitrogens is 1. The van der Waals surface area contributed by atoms with E-state index in [0.717, 1.165) is 12.0 Å². The van der Waals surface area contributed by atoms with Gasteiger partial charge in [-0.2, -0.15) is 0 Å². The van der Waals surface area contributed by atoms with E-state index in [2.05, 4.69) is 4.98 Å². The number of methoxy groups -OCH3 is 1. The first-order chi connectivity index (χ1) is 18.3. The Bertz CT molecular complexity index is 1030. The Morgan fingerprint density at radius 3 is 2.42 bits per heavy atom. The van der Waals surface area contributed by atoms with Crippen molar-refractivity contribution in [3.8, 4) is 11.5 Å². The number of Topliss-reactive ketones (excluding diaryl/α,β-unsaturated/α-hetero) is 1. The number of carbonyl (C=O) groups excluding carboxylic acids is 3. The molecule has 3 atom stereocenters. The van der Waals surface area contributed by atoms with Crippen LogP contribution in [0.5, 0.6) is 11.5 Å². The molecule has 208 valence electrons. The first-order valence-corrected chi connectivity index (χ1v) is 12.9. The van der Waals surface area contributed by atoms with E-state index in [4.69, 9.17) is 23.7 Å². The van der Waals surface area contributed by atoms with Gasteiger partial charge >= 0.3 is 11.9 Å². The van der Waals surface area contributed by atoms with Crippen LogP contribution < -0.4 is 9.47 Å². The molecule has 0 saturated heterocycles. The molecule has 9 heteroatoms. The highest BCUT2D eigenvalue weighted by atomic mass is 16.7. The van der Waals surface area contributed by atoms with Gasteiger partial charge in [-0.05, 0) is 31.7 Å². The van der Waals surface area contributed by atoms with E-state index in [9.17, 15) is 14.4 Å². The molecule has 0 aliphatic heterocycles. The molecule has 0 amide bonds. The standard InChI is InChI=1S/C29H39NO8/c1-6-15-35-18-24(16-22-11-9-8-10-12-22)20(3)38-29(33)23(7-2)17-25(32)27-28(37-19-36-21(4)31)26(34-5)13-14-30-27/h8-14,20,23-24H,6-7,15-19H2,1-5H3/t20-,23+,24+/m0/s1. The normalized spacial score (nSPS) is 13.2. The summed E-state index contributed by atoms with van der Waals surface area (Å²) in [5, 5.41) is 0. The number of rotatable bonds is 17. The molecule has 2 aromatic rings. The van der Waals surface area contributed by atoms with E-state index in [-0.39, 0.29) is 29.5 Å². The van der Waals surface area contributed by atoms with Crippen LogP contribution in [0.3, 0.4) is 0 Å². The van der Waals surface area contributed by atoms with Crippen molar-refractivity contribution >= 4 is 17.7 Å². The second-order valence-corrected chi connectivity index (χ2v) is 8.99. The SMILES string of the molecule is CCCOC[C@@H](Cc1ccccc1)[C@H](C)OC(=O)[C@H](CC)CC(=O)c1nccc(OC)c1OCOC(C)=O. The van der Waals surface area contributed by atoms with Gasteiger partial charge in [0.1, 0.15) is 6.10 Å². The second-order valence-electron chi connectivity index (χ2n) is 8.99.